The minimum Gasteiger partial charge on any atom is -0.328 e. The summed E-state index contributed by atoms with van der Waals surface area (Å²) in [6, 6.07) is 6.00. The van der Waals surface area contributed by atoms with Gasteiger partial charge in [-0.2, -0.15) is 0 Å². The minimum absolute atomic E-state index is 1.09. The van der Waals surface area contributed by atoms with Crippen LogP contribution in [0.4, 0.5) is 0 Å². The molecule has 5 heteroatoms. The van der Waals surface area contributed by atoms with Crippen molar-refractivity contribution in [2.75, 3.05) is 0 Å². The van der Waals surface area contributed by atoms with E-state index in [9.17, 15) is 0 Å². The molecular weight excluding hydrogens is 160 g/mol. The summed E-state index contributed by atoms with van der Waals surface area (Å²) in [5, 5.41) is 13.6. The van der Waals surface area contributed by atoms with Crippen LogP contribution in [0.2, 0.25) is 0 Å². The van der Waals surface area contributed by atoms with Crippen molar-refractivity contribution in [3.8, 4) is 0 Å². The maximum absolute atomic E-state index is 8.36. The first-order chi connectivity index (χ1) is 5.52. The Morgan fingerprint density at radius 1 is 1.42 bits per heavy atom. The third-order valence-corrected chi connectivity index (χ3v) is 1.03. The van der Waals surface area contributed by atoms with Crippen LogP contribution >= 0.6 is 0 Å². The summed E-state index contributed by atoms with van der Waals surface area (Å²) in [4.78, 5) is 12.5. The summed E-state index contributed by atoms with van der Waals surface area (Å²) in [5.41, 5.74) is 2.18. The van der Waals surface area contributed by atoms with Crippen LogP contribution in [-0.2, 0) is 0 Å². The molecule has 0 bridgehead atoms. The molecule has 1 N–H and O–H groups in total. The molecular formula is C7H10N2O3. The molecule has 0 fully saturated rings. The van der Waals surface area contributed by atoms with E-state index in [1.165, 1.54) is 0 Å². The molecule has 0 atom stereocenters. The van der Waals surface area contributed by atoms with Crippen LogP contribution in [0, 0.1) is 24.0 Å². The van der Waals surface area contributed by atoms with Gasteiger partial charge < -0.3 is 5.21 Å². The topological polar surface area (TPSA) is 76.3 Å². The van der Waals surface area contributed by atoms with Gasteiger partial charge in [0.15, 0.2) is 0 Å². The first-order valence-electron chi connectivity index (χ1n) is 3.26. The van der Waals surface area contributed by atoms with Gasteiger partial charge in [0.2, 0.25) is 0 Å². The van der Waals surface area contributed by atoms with Crippen LogP contribution < -0.4 is 0 Å². The summed E-state index contributed by atoms with van der Waals surface area (Å²) in [7, 11) is 0. The van der Waals surface area contributed by atoms with Gasteiger partial charge in [-0.1, -0.05) is 6.07 Å². The Morgan fingerprint density at radius 3 is 1.92 bits per heavy atom. The Labute approximate surface area is 69.8 Å². The van der Waals surface area contributed by atoms with Crippen LogP contribution in [-0.4, -0.2) is 15.3 Å². The Morgan fingerprint density at radius 2 is 1.75 bits per heavy atom. The lowest BCUT2D eigenvalue weighted by molar-refractivity contribution is -0.742. The zero-order valence-electron chi connectivity index (χ0n) is 6.89. The second-order valence-corrected chi connectivity index (χ2v) is 2.16. The van der Waals surface area contributed by atoms with Crippen LogP contribution in [0.3, 0.4) is 0 Å². The summed E-state index contributed by atoms with van der Waals surface area (Å²) in [6.45, 7) is 3.99. The molecule has 0 radical (unpaired) electrons. The lowest BCUT2D eigenvalue weighted by Crippen LogP contribution is -1.81. The molecule has 5 nitrogen and oxygen atoms in total. The van der Waals surface area contributed by atoms with Crippen molar-refractivity contribution in [1.82, 2.24) is 4.98 Å². The summed E-state index contributed by atoms with van der Waals surface area (Å²) in [5.74, 6) is 0. The molecule has 0 spiro atoms. The molecule has 66 valence electrons. The summed E-state index contributed by atoms with van der Waals surface area (Å²) >= 11 is 0. The van der Waals surface area contributed by atoms with E-state index < -0.39 is 5.09 Å². The molecule has 0 aliphatic carbocycles. The molecule has 0 aromatic carbocycles. The fourth-order valence-electron chi connectivity index (χ4n) is 0.679. The van der Waals surface area contributed by atoms with Crippen LogP contribution in [0.25, 0.3) is 0 Å². The number of hydrogen-bond donors (Lipinski definition) is 1. The zero-order valence-corrected chi connectivity index (χ0v) is 6.89. The molecule has 0 unspecified atom stereocenters. The fourth-order valence-corrected chi connectivity index (χ4v) is 0.679. The lowest BCUT2D eigenvalue weighted by Gasteiger charge is -1.90. The van der Waals surface area contributed by atoms with E-state index in [0.29, 0.717) is 0 Å². The van der Waals surface area contributed by atoms with E-state index >= 15 is 0 Å². The van der Waals surface area contributed by atoms with Gasteiger partial charge in [0.05, 0.1) is 0 Å². The van der Waals surface area contributed by atoms with Crippen molar-refractivity contribution >= 4 is 0 Å². The molecule has 0 aliphatic heterocycles. The zero-order chi connectivity index (χ0) is 9.56. The van der Waals surface area contributed by atoms with Gasteiger partial charge in [-0.3, -0.25) is 4.98 Å². The Kier molecular flexibility index (Phi) is 4.36. The van der Waals surface area contributed by atoms with Gasteiger partial charge in [-0.25, -0.2) is 0 Å². The molecule has 0 amide bonds. The van der Waals surface area contributed by atoms with Gasteiger partial charge >= 0.3 is 0 Å². The molecule has 0 aliphatic rings. The smallest absolute Gasteiger partial charge is 0.291 e. The molecule has 1 rings (SSSR count). The Balaban J connectivity index is 0.000000261. The van der Waals surface area contributed by atoms with E-state index in [0.717, 1.165) is 11.4 Å². The molecule has 1 aromatic rings. The average Bonchev–Trinajstić information content (AvgIpc) is 1.84. The van der Waals surface area contributed by atoms with Gasteiger partial charge in [-0.05, 0) is 26.0 Å². The number of rotatable bonds is 0. The minimum atomic E-state index is -1.50. The number of hydrogen-bond acceptors (Lipinski definition) is 3. The predicted octanol–water partition coefficient (Wildman–Crippen LogP) is 1.35. The van der Waals surface area contributed by atoms with Crippen LogP contribution in [0.5, 0.6) is 0 Å². The van der Waals surface area contributed by atoms with Crippen molar-refractivity contribution in [3.63, 3.8) is 0 Å². The first-order valence-corrected chi connectivity index (χ1v) is 3.26. The lowest BCUT2D eigenvalue weighted by atomic mass is 10.3. The third kappa shape index (κ3) is 6.47. The van der Waals surface area contributed by atoms with E-state index in [1.807, 2.05) is 32.0 Å². The molecule has 12 heavy (non-hydrogen) atoms. The SMILES string of the molecule is Cc1cccc(C)n1.O=[N+]([O-])O. The normalized spacial score (nSPS) is 8.17. The molecule has 0 saturated heterocycles. The van der Waals surface area contributed by atoms with Crippen molar-refractivity contribution in [3.05, 3.63) is 39.7 Å². The highest BCUT2D eigenvalue weighted by molar-refractivity contribution is 5.07. The second-order valence-electron chi connectivity index (χ2n) is 2.16. The largest absolute Gasteiger partial charge is 0.328 e. The predicted molar refractivity (Wildman–Crippen MR) is 42.5 cm³/mol. The maximum atomic E-state index is 8.36. The quantitative estimate of drug-likeness (QED) is 0.471. The number of nitrogens with zero attached hydrogens (tertiary/aromatic N) is 2. The summed E-state index contributed by atoms with van der Waals surface area (Å²) < 4.78 is 0. The average molecular weight is 170 g/mol. The van der Waals surface area contributed by atoms with E-state index in [-0.39, 0.29) is 0 Å². The first kappa shape index (κ1) is 10.3. The molecule has 1 heterocycles. The van der Waals surface area contributed by atoms with Crippen molar-refractivity contribution in [2.45, 2.75) is 13.8 Å². The highest BCUT2D eigenvalue weighted by atomic mass is 16.9. The maximum Gasteiger partial charge on any atom is 0.291 e. The van der Waals surface area contributed by atoms with Crippen molar-refractivity contribution in [1.29, 1.82) is 0 Å². The fraction of sp³-hybridized carbons (Fsp3) is 0.286. The van der Waals surface area contributed by atoms with Crippen molar-refractivity contribution < 1.29 is 10.3 Å². The number of pyridine rings is 1. The highest BCUT2D eigenvalue weighted by Crippen LogP contribution is 1.93. The van der Waals surface area contributed by atoms with Gasteiger partial charge in [0.1, 0.15) is 0 Å². The number of aromatic nitrogens is 1. The monoisotopic (exact) mass is 170 g/mol. The summed E-state index contributed by atoms with van der Waals surface area (Å²) in [6.07, 6.45) is 0. The Hall–Kier alpha value is -1.65. The van der Waals surface area contributed by atoms with Crippen LogP contribution in [0.15, 0.2) is 18.2 Å². The van der Waals surface area contributed by atoms with Crippen LogP contribution in [0.1, 0.15) is 11.4 Å². The van der Waals surface area contributed by atoms with Crippen molar-refractivity contribution in [2.24, 2.45) is 0 Å². The molecule has 1 aromatic heterocycles. The van der Waals surface area contributed by atoms with E-state index in [1.54, 1.807) is 0 Å². The van der Waals surface area contributed by atoms with Gasteiger partial charge in [0, 0.05) is 11.4 Å². The Bertz CT molecular complexity index is 241. The van der Waals surface area contributed by atoms with E-state index in [2.05, 4.69) is 4.98 Å². The van der Waals surface area contributed by atoms with E-state index in [4.69, 9.17) is 15.3 Å². The van der Waals surface area contributed by atoms with Gasteiger partial charge in [0.25, 0.3) is 5.09 Å². The number of aryl methyl sites for hydroxylation is 2. The third-order valence-electron chi connectivity index (χ3n) is 1.03. The second kappa shape index (κ2) is 5.06. The van der Waals surface area contributed by atoms with Gasteiger partial charge in [-0.15, -0.1) is 10.1 Å². The molecule has 0 saturated carbocycles. The standard InChI is InChI=1S/C7H9N.HNO3/c1-6-4-3-5-7(2)8-6;2-1(3)4/h3-5H,1-2H3;(H,2,3,4). The highest BCUT2D eigenvalue weighted by Gasteiger charge is 1.82.